The zero-order valence-electron chi connectivity index (χ0n) is 17.3. The third-order valence-electron chi connectivity index (χ3n) is 4.18. The van der Waals surface area contributed by atoms with E-state index < -0.39 is 0 Å². The lowest BCUT2D eigenvalue weighted by molar-refractivity contribution is 0.0531. The van der Waals surface area contributed by atoms with E-state index in [1.807, 2.05) is 31.2 Å². The number of nitrogens with one attached hydrogen (secondary N) is 2. The first-order chi connectivity index (χ1) is 13.9. The zero-order chi connectivity index (χ0) is 21.4. The van der Waals surface area contributed by atoms with Crippen LogP contribution in [0.3, 0.4) is 0 Å². The molecule has 7 nitrogen and oxygen atoms in total. The van der Waals surface area contributed by atoms with Crippen LogP contribution in [0.5, 0.6) is 0 Å². The molecule has 1 aromatic carbocycles. The molecule has 0 fully saturated rings. The van der Waals surface area contributed by atoms with Gasteiger partial charge in [-0.15, -0.1) is 11.3 Å². The molecule has 0 aliphatic heterocycles. The normalized spacial score (nSPS) is 13.7. The summed E-state index contributed by atoms with van der Waals surface area (Å²) in [6.45, 7) is 6.40. The van der Waals surface area contributed by atoms with Gasteiger partial charge in [-0.2, -0.15) is 0 Å². The van der Waals surface area contributed by atoms with Crippen molar-refractivity contribution in [2.45, 2.75) is 32.9 Å². The zero-order valence-corrected chi connectivity index (χ0v) is 18.9. The number of ether oxygens (including phenoxy) is 2. The average Bonchev–Trinajstić information content (AvgIpc) is 3.09. The Balaban J connectivity index is 2.00. The summed E-state index contributed by atoms with van der Waals surface area (Å²) in [5, 5.41) is 8.00. The maximum Gasteiger partial charge on any atom is 0.350 e. The highest BCUT2D eigenvalue weighted by molar-refractivity contribution is 7.13. The monoisotopic (exact) mass is 438 g/mol. The van der Waals surface area contributed by atoms with Crippen LogP contribution in [0.15, 0.2) is 29.3 Å². The van der Waals surface area contributed by atoms with Crippen molar-refractivity contribution in [3.05, 3.63) is 50.4 Å². The fourth-order valence-corrected chi connectivity index (χ4v) is 3.85. The minimum absolute atomic E-state index is 0.139. The quantitative estimate of drug-likeness (QED) is 0.369. The van der Waals surface area contributed by atoms with Crippen molar-refractivity contribution in [2.75, 3.05) is 27.3 Å². The molecular formula is C20H27ClN4O3S. The summed E-state index contributed by atoms with van der Waals surface area (Å²) in [5.41, 5.74) is 1.64. The van der Waals surface area contributed by atoms with E-state index in [0.29, 0.717) is 34.7 Å². The Labute approximate surface area is 180 Å². The van der Waals surface area contributed by atoms with E-state index in [1.54, 1.807) is 28.0 Å². The average molecular weight is 439 g/mol. The van der Waals surface area contributed by atoms with E-state index in [0.717, 1.165) is 10.6 Å². The van der Waals surface area contributed by atoms with Crippen molar-refractivity contribution in [3.8, 4) is 0 Å². The first-order valence-electron chi connectivity index (χ1n) is 9.29. The molecule has 0 spiro atoms. The van der Waals surface area contributed by atoms with Crippen LogP contribution in [-0.4, -0.2) is 44.2 Å². The Bertz CT molecular complexity index is 856. The predicted octanol–water partition coefficient (Wildman–Crippen LogP) is 3.90. The largest absolute Gasteiger partial charge is 0.462 e. The standard InChI is InChI=1S/C20H27ClN4O3S/c1-6-28-19(26)17-12(2)24-18(29-17)13(3)25-20(22-4)23-11-16(27-5)14-8-7-9-15(21)10-14/h7-10,13,16H,6,11H2,1-5H3,(H2,22,23,25). The van der Waals surface area contributed by atoms with Gasteiger partial charge in [-0.25, -0.2) is 9.78 Å². The minimum Gasteiger partial charge on any atom is -0.462 e. The van der Waals surface area contributed by atoms with Gasteiger partial charge in [0.25, 0.3) is 0 Å². The molecule has 2 aromatic rings. The molecule has 2 unspecified atom stereocenters. The van der Waals surface area contributed by atoms with Gasteiger partial charge in [0.2, 0.25) is 0 Å². The highest BCUT2D eigenvalue weighted by Crippen LogP contribution is 2.24. The molecule has 1 heterocycles. The van der Waals surface area contributed by atoms with E-state index in [2.05, 4.69) is 20.6 Å². The van der Waals surface area contributed by atoms with Crippen LogP contribution in [0.1, 0.15) is 51.9 Å². The lowest BCUT2D eigenvalue weighted by Crippen LogP contribution is -2.40. The molecule has 158 valence electrons. The van der Waals surface area contributed by atoms with Crippen LogP contribution in [0.25, 0.3) is 0 Å². The maximum absolute atomic E-state index is 12.0. The predicted molar refractivity (Wildman–Crippen MR) is 117 cm³/mol. The van der Waals surface area contributed by atoms with Gasteiger partial charge in [0.15, 0.2) is 5.96 Å². The summed E-state index contributed by atoms with van der Waals surface area (Å²) in [4.78, 5) is 21.3. The molecule has 0 bridgehead atoms. The molecule has 9 heteroatoms. The number of benzene rings is 1. The van der Waals surface area contributed by atoms with Crippen LogP contribution in [-0.2, 0) is 9.47 Å². The molecule has 0 saturated heterocycles. The molecule has 0 aliphatic rings. The highest BCUT2D eigenvalue weighted by atomic mass is 35.5. The van der Waals surface area contributed by atoms with Gasteiger partial charge in [0.1, 0.15) is 9.88 Å². The number of methoxy groups -OCH3 is 1. The molecule has 0 radical (unpaired) electrons. The first-order valence-corrected chi connectivity index (χ1v) is 10.5. The van der Waals surface area contributed by atoms with Crippen molar-refractivity contribution >= 4 is 34.9 Å². The Hall–Kier alpha value is -2.16. The molecule has 2 rings (SSSR count). The third-order valence-corrected chi connectivity index (χ3v) is 5.74. The number of carbonyl (C=O) groups is 1. The fourth-order valence-electron chi connectivity index (χ4n) is 2.68. The first kappa shape index (κ1) is 23.1. The minimum atomic E-state index is -0.340. The van der Waals surface area contributed by atoms with Crippen molar-refractivity contribution in [3.63, 3.8) is 0 Å². The van der Waals surface area contributed by atoms with Gasteiger partial charge in [0.05, 0.1) is 24.4 Å². The van der Waals surface area contributed by atoms with Crippen LogP contribution in [0.4, 0.5) is 0 Å². The summed E-state index contributed by atoms with van der Waals surface area (Å²) in [6, 6.07) is 7.43. The maximum atomic E-state index is 12.0. The number of thiazole rings is 1. The van der Waals surface area contributed by atoms with Gasteiger partial charge in [-0.3, -0.25) is 4.99 Å². The van der Waals surface area contributed by atoms with Crippen LogP contribution in [0.2, 0.25) is 5.02 Å². The number of guanidine groups is 1. The number of rotatable bonds is 8. The molecule has 2 atom stereocenters. The van der Waals surface area contributed by atoms with Crippen LogP contribution < -0.4 is 10.6 Å². The second kappa shape index (κ2) is 11.1. The molecule has 29 heavy (non-hydrogen) atoms. The molecule has 2 N–H and O–H groups in total. The Morgan fingerprint density at radius 2 is 2.17 bits per heavy atom. The number of halogens is 1. The Kier molecular flexibility index (Phi) is 8.88. The number of esters is 1. The van der Waals surface area contributed by atoms with Crippen LogP contribution in [0, 0.1) is 6.92 Å². The van der Waals surface area contributed by atoms with Crippen molar-refractivity contribution in [2.24, 2.45) is 4.99 Å². The van der Waals surface area contributed by atoms with Gasteiger partial charge in [-0.1, -0.05) is 23.7 Å². The van der Waals surface area contributed by atoms with Crippen molar-refractivity contribution in [1.82, 2.24) is 15.6 Å². The molecule has 0 saturated carbocycles. The second-order valence-electron chi connectivity index (χ2n) is 6.29. The number of hydrogen-bond donors (Lipinski definition) is 2. The summed E-state index contributed by atoms with van der Waals surface area (Å²) >= 11 is 7.40. The van der Waals surface area contributed by atoms with Crippen molar-refractivity contribution in [1.29, 1.82) is 0 Å². The summed E-state index contributed by atoms with van der Waals surface area (Å²) in [6.07, 6.45) is -0.180. The summed E-state index contributed by atoms with van der Waals surface area (Å²) < 4.78 is 10.7. The van der Waals surface area contributed by atoms with E-state index in [1.165, 1.54) is 11.3 Å². The molecule has 0 amide bonds. The number of aliphatic imine (C=N–C) groups is 1. The van der Waals surface area contributed by atoms with Gasteiger partial charge in [0, 0.05) is 25.7 Å². The molecule has 1 aromatic heterocycles. The number of aromatic nitrogens is 1. The number of hydrogen-bond acceptors (Lipinski definition) is 6. The third kappa shape index (κ3) is 6.42. The lowest BCUT2D eigenvalue weighted by Gasteiger charge is -2.20. The topological polar surface area (TPSA) is 84.8 Å². The highest BCUT2D eigenvalue weighted by Gasteiger charge is 2.20. The molecular weight excluding hydrogens is 412 g/mol. The van der Waals surface area contributed by atoms with Crippen molar-refractivity contribution < 1.29 is 14.3 Å². The van der Waals surface area contributed by atoms with E-state index in [4.69, 9.17) is 21.1 Å². The van der Waals surface area contributed by atoms with Gasteiger partial charge in [-0.05, 0) is 38.5 Å². The van der Waals surface area contributed by atoms with E-state index >= 15 is 0 Å². The SMILES string of the molecule is CCOC(=O)c1sc(C(C)NC(=NC)NCC(OC)c2cccc(Cl)c2)nc1C. The number of nitrogens with zero attached hydrogens (tertiary/aromatic N) is 2. The van der Waals surface area contributed by atoms with E-state index in [-0.39, 0.29) is 18.1 Å². The van der Waals surface area contributed by atoms with Gasteiger partial charge >= 0.3 is 5.97 Å². The van der Waals surface area contributed by atoms with Gasteiger partial charge < -0.3 is 20.1 Å². The Morgan fingerprint density at radius 1 is 1.41 bits per heavy atom. The van der Waals surface area contributed by atoms with E-state index in [9.17, 15) is 4.79 Å². The smallest absolute Gasteiger partial charge is 0.350 e. The van der Waals surface area contributed by atoms with Crippen LogP contribution >= 0.6 is 22.9 Å². The lowest BCUT2D eigenvalue weighted by atomic mass is 10.1. The Morgan fingerprint density at radius 3 is 2.79 bits per heavy atom. The summed E-state index contributed by atoms with van der Waals surface area (Å²) in [5.74, 6) is 0.264. The summed E-state index contributed by atoms with van der Waals surface area (Å²) in [7, 11) is 3.35. The fraction of sp³-hybridized carbons (Fsp3) is 0.450. The molecule has 0 aliphatic carbocycles. The number of carbonyl (C=O) groups excluding carboxylic acids is 1. The second-order valence-corrected chi connectivity index (χ2v) is 7.75. The number of aryl methyl sites for hydroxylation is 1.